The second-order valence-electron chi connectivity index (χ2n) is 4.62. The number of benzene rings is 1. The van der Waals surface area contributed by atoms with Crippen LogP contribution in [-0.4, -0.2) is 23.5 Å². The van der Waals surface area contributed by atoms with Gasteiger partial charge in [-0.3, -0.25) is 14.9 Å². The van der Waals surface area contributed by atoms with Crippen molar-refractivity contribution in [3.8, 4) is 0 Å². The summed E-state index contributed by atoms with van der Waals surface area (Å²) in [5, 5.41) is 13.5. The van der Waals surface area contributed by atoms with Crippen LogP contribution in [-0.2, 0) is 9.53 Å². The average Bonchev–Trinajstić information content (AvgIpc) is 2.30. The maximum Gasteiger partial charge on any atom is 0.272 e. The molecule has 6 heteroatoms. The van der Waals surface area contributed by atoms with E-state index in [1.807, 2.05) is 13.8 Å². The minimum atomic E-state index is -0.435. The summed E-state index contributed by atoms with van der Waals surface area (Å²) in [6, 6.07) is 3.05. The van der Waals surface area contributed by atoms with Crippen LogP contribution in [0.15, 0.2) is 12.1 Å². The predicted octanol–water partition coefficient (Wildman–Crippen LogP) is 2.58. The van der Waals surface area contributed by atoms with E-state index >= 15 is 0 Å². The lowest BCUT2D eigenvalue weighted by Gasteiger charge is -2.11. The second kappa shape index (κ2) is 6.29. The molecule has 0 aliphatic heterocycles. The Morgan fingerprint density at radius 2 is 2.00 bits per heavy atom. The Bertz CT molecular complexity index is 498. The van der Waals surface area contributed by atoms with E-state index in [9.17, 15) is 14.9 Å². The third kappa shape index (κ3) is 4.33. The van der Waals surface area contributed by atoms with Crippen LogP contribution < -0.4 is 5.32 Å². The fourth-order valence-electron chi connectivity index (χ4n) is 1.56. The number of rotatable bonds is 5. The summed E-state index contributed by atoms with van der Waals surface area (Å²) in [5.41, 5.74) is 1.78. The first-order valence-corrected chi connectivity index (χ1v) is 5.98. The van der Waals surface area contributed by atoms with Crippen LogP contribution in [0.2, 0.25) is 0 Å². The lowest BCUT2D eigenvalue weighted by Crippen LogP contribution is -2.21. The summed E-state index contributed by atoms with van der Waals surface area (Å²) in [5.74, 6) is -0.273. The third-order valence-corrected chi connectivity index (χ3v) is 2.56. The Morgan fingerprint density at radius 1 is 1.37 bits per heavy atom. The van der Waals surface area contributed by atoms with Crippen LogP contribution in [0.5, 0.6) is 0 Å². The van der Waals surface area contributed by atoms with E-state index < -0.39 is 4.92 Å². The summed E-state index contributed by atoms with van der Waals surface area (Å²) >= 11 is 0. The largest absolute Gasteiger partial charge is 0.369 e. The highest BCUT2D eigenvalue weighted by Crippen LogP contribution is 2.25. The highest BCUT2D eigenvalue weighted by Gasteiger charge is 2.14. The molecule has 0 heterocycles. The third-order valence-electron chi connectivity index (χ3n) is 2.56. The molecule has 0 aliphatic rings. The van der Waals surface area contributed by atoms with Crippen LogP contribution in [0.3, 0.4) is 0 Å². The zero-order chi connectivity index (χ0) is 14.6. The smallest absolute Gasteiger partial charge is 0.272 e. The maximum absolute atomic E-state index is 11.6. The number of nitrogens with one attached hydrogen (secondary N) is 1. The average molecular weight is 266 g/mol. The molecule has 0 unspecified atom stereocenters. The molecule has 1 N–H and O–H groups in total. The number of nitro groups is 1. The lowest BCUT2D eigenvalue weighted by atomic mass is 10.1. The molecule has 1 aromatic rings. The molecule has 0 fully saturated rings. The molecule has 104 valence electrons. The van der Waals surface area contributed by atoms with Crippen LogP contribution >= 0.6 is 0 Å². The first kappa shape index (κ1) is 15.1. The minimum absolute atomic E-state index is 0.0227. The number of carbonyl (C=O) groups excluding carboxylic acids is 1. The quantitative estimate of drug-likeness (QED) is 0.656. The van der Waals surface area contributed by atoms with E-state index in [0.717, 1.165) is 0 Å². The first-order chi connectivity index (χ1) is 8.81. The molecule has 19 heavy (non-hydrogen) atoms. The highest BCUT2D eigenvalue weighted by molar-refractivity contribution is 5.92. The number of nitro benzene ring substituents is 1. The summed E-state index contributed by atoms with van der Waals surface area (Å²) in [7, 11) is 0. The van der Waals surface area contributed by atoms with Gasteiger partial charge in [0.15, 0.2) is 0 Å². The lowest BCUT2D eigenvalue weighted by molar-refractivity contribution is -0.385. The van der Waals surface area contributed by atoms with Gasteiger partial charge in [-0.05, 0) is 39.3 Å². The van der Waals surface area contributed by atoms with Gasteiger partial charge in [-0.15, -0.1) is 0 Å². The molecule has 0 spiro atoms. The fourth-order valence-corrected chi connectivity index (χ4v) is 1.56. The predicted molar refractivity (Wildman–Crippen MR) is 72.3 cm³/mol. The van der Waals surface area contributed by atoms with Crippen molar-refractivity contribution in [2.45, 2.75) is 33.8 Å². The van der Waals surface area contributed by atoms with Crippen molar-refractivity contribution in [1.82, 2.24) is 0 Å². The maximum atomic E-state index is 11.6. The molecule has 0 radical (unpaired) electrons. The molecule has 0 saturated heterocycles. The summed E-state index contributed by atoms with van der Waals surface area (Å²) in [6.07, 6.45) is -0.0227. The standard InChI is InChI=1S/C13H18N2O4/c1-8(2)19-7-13(16)14-11-5-10(4)12(15(17)18)6-9(11)3/h5-6,8H,7H2,1-4H3,(H,14,16). The van der Waals surface area contributed by atoms with Crippen molar-refractivity contribution in [3.05, 3.63) is 33.4 Å². The molecule has 0 aromatic heterocycles. The SMILES string of the molecule is Cc1cc([N+](=O)[O-])c(C)cc1NC(=O)COC(C)C. The molecule has 0 aliphatic carbocycles. The van der Waals surface area contributed by atoms with Crippen molar-refractivity contribution < 1.29 is 14.5 Å². The molecular formula is C13H18N2O4. The molecule has 1 amide bonds. The zero-order valence-electron chi connectivity index (χ0n) is 11.5. The van der Waals surface area contributed by atoms with Crippen molar-refractivity contribution in [2.24, 2.45) is 0 Å². The summed E-state index contributed by atoms with van der Waals surface area (Å²) in [4.78, 5) is 22.0. The van der Waals surface area contributed by atoms with Gasteiger partial charge in [-0.25, -0.2) is 0 Å². The van der Waals surface area contributed by atoms with Gasteiger partial charge in [-0.1, -0.05) is 0 Å². The van der Waals surface area contributed by atoms with Crippen LogP contribution in [0.1, 0.15) is 25.0 Å². The number of amides is 1. The van der Waals surface area contributed by atoms with E-state index in [2.05, 4.69) is 5.32 Å². The molecule has 6 nitrogen and oxygen atoms in total. The van der Waals surface area contributed by atoms with E-state index in [-0.39, 0.29) is 24.3 Å². The normalized spacial score (nSPS) is 10.6. The molecule has 0 atom stereocenters. The van der Waals surface area contributed by atoms with Crippen molar-refractivity contribution in [3.63, 3.8) is 0 Å². The number of ether oxygens (including phenoxy) is 1. The van der Waals surface area contributed by atoms with Crippen molar-refractivity contribution in [1.29, 1.82) is 0 Å². The first-order valence-electron chi connectivity index (χ1n) is 5.98. The topological polar surface area (TPSA) is 81.5 Å². The molecule has 1 rings (SSSR count). The van der Waals surface area contributed by atoms with E-state index in [4.69, 9.17) is 4.74 Å². The minimum Gasteiger partial charge on any atom is -0.369 e. The molecule has 1 aromatic carbocycles. The van der Waals surface area contributed by atoms with Gasteiger partial charge in [-0.2, -0.15) is 0 Å². The number of hydrogen-bond donors (Lipinski definition) is 1. The summed E-state index contributed by atoms with van der Waals surface area (Å²) < 4.78 is 5.19. The molecule has 0 saturated carbocycles. The molecular weight excluding hydrogens is 248 g/mol. The van der Waals surface area contributed by atoms with E-state index in [1.165, 1.54) is 6.07 Å². The Labute approximate surface area is 111 Å². The Morgan fingerprint density at radius 3 is 2.53 bits per heavy atom. The number of hydrogen-bond acceptors (Lipinski definition) is 4. The van der Waals surface area contributed by atoms with Gasteiger partial charge in [0.25, 0.3) is 5.69 Å². The van der Waals surface area contributed by atoms with Gasteiger partial charge >= 0.3 is 0 Å². The van der Waals surface area contributed by atoms with Crippen LogP contribution in [0.25, 0.3) is 0 Å². The molecule has 0 bridgehead atoms. The van der Waals surface area contributed by atoms with Gasteiger partial charge in [0.2, 0.25) is 5.91 Å². The van der Waals surface area contributed by atoms with E-state index in [0.29, 0.717) is 16.8 Å². The second-order valence-corrected chi connectivity index (χ2v) is 4.62. The number of anilines is 1. The van der Waals surface area contributed by atoms with Crippen molar-refractivity contribution in [2.75, 3.05) is 11.9 Å². The number of nitrogens with zero attached hydrogens (tertiary/aromatic N) is 1. The Balaban J connectivity index is 2.82. The van der Waals surface area contributed by atoms with Gasteiger partial charge in [0.05, 0.1) is 11.0 Å². The fraction of sp³-hybridized carbons (Fsp3) is 0.462. The van der Waals surface area contributed by atoms with Gasteiger partial charge in [0, 0.05) is 17.3 Å². The highest BCUT2D eigenvalue weighted by atomic mass is 16.6. The van der Waals surface area contributed by atoms with Crippen LogP contribution in [0.4, 0.5) is 11.4 Å². The van der Waals surface area contributed by atoms with Crippen LogP contribution in [0, 0.1) is 24.0 Å². The monoisotopic (exact) mass is 266 g/mol. The zero-order valence-corrected chi connectivity index (χ0v) is 11.5. The summed E-state index contributed by atoms with van der Waals surface area (Å²) in [6.45, 7) is 7.00. The Kier molecular flexibility index (Phi) is 5.00. The van der Waals surface area contributed by atoms with Gasteiger partial charge in [0.1, 0.15) is 6.61 Å². The van der Waals surface area contributed by atoms with Crippen molar-refractivity contribution >= 4 is 17.3 Å². The number of carbonyl (C=O) groups is 1. The van der Waals surface area contributed by atoms with E-state index in [1.54, 1.807) is 19.9 Å². The number of aryl methyl sites for hydroxylation is 2. The van der Waals surface area contributed by atoms with Gasteiger partial charge < -0.3 is 10.1 Å². The Hall–Kier alpha value is -1.95.